The van der Waals surface area contributed by atoms with Gasteiger partial charge in [-0.15, -0.1) is 0 Å². The fourth-order valence-corrected chi connectivity index (χ4v) is 3.06. The molecule has 2 N–H and O–H groups in total. The van der Waals surface area contributed by atoms with Crippen LogP contribution in [0.4, 0.5) is 0 Å². The standard InChI is InChI=1S/C21H27N3O8.C2H6/c1-24(16-6-7-18(26)23-20(16)28)21(29)14-4-3-5-17(15(14)12-25)32-13-19(27)22-8-9-31-11-10-30-2;1-2/h3-5,12,16H,6-11,13H2,1-2H3,(H,22,27)(H,23,26,28);1-2H3. The summed E-state index contributed by atoms with van der Waals surface area (Å²) in [7, 11) is 2.98. The van der Waals surface area contributed by atoms with E-state index in [1.165, 1.54) is 30.1 Å². The molecule has 1 aliphatic rings. The van der Waals surface area contributed by atoms with Crippen LogP contribution in [-0.2, 0) is 23.9 Å². The van der Waals surface area contributed by atoms with Gasteiger partial charge < -0.3 is 24.4 Å². The molecule has 1 unspecified atom stereocenters. The van der Waals surface area contributed by atoms with Crippen molar-refractivity contribution in [1.29, 1.82) is 0 Å². The predicted octanol–water partition coefficient (Wildman–Crippen LogP) is 0.561. The molecule has 188 valence electrons. The van der Waals surface area contributed by atoms with Crippen molar-refractivity contribution in [3.63, 3.8) is 0 Å². The Hall–Kier alpha value is -3.31. The number of nitrogens with one attached hydrogen (secondary N) is 2. The largest absolute Gasteiger partial charge is 0.483 e. The first-order valence-electron chi connectivity index (χ1n) is 11.0. The monoisotopic (exact) mass is 479 g/mol. The summed E-state index contributed by atoms with van der Waals surface area (Å²) >= 11 is 0. The summed E-state index contributed by atoms with van der Waals surface area (Å²) in [5.41, 5.74) is -0.0102. The maximum Gasteiger partial charge on any atom is 0.258 e. The van der Waals surface area contributed by atoms with E-state index in [0.717, 1.165) is 0 Å². The number of benzene rings is 1. The average molecular weight is 480 g/mol. The van der Waals surface area contributed by atoms with E-state index in [4.69, 9.17) is 14.2 Å². The Balaban J connectivity index is 0.00000281. The highest BCUT2D eigenvalue weighted by molar-refractivity contribution is 6.06. The van der Waals surface area contributed by atoms with Gasteiger partial charge in [0.15, 0.2) is 12.9 Å². The summed E-state index contributed by atoms with van der Waals surface area (Å²) in [5, 5.41) is 4.80. The van der Waals surface area contributed by atoms with Gasteiger partial charge in [0.1, 0.15) is 11.8 Å². The number of nitrogens with zero attached hydrogens (tertiary/aromatic N) is 1. The molecule has 1 aromatic carbocycles. The normalized spacial score (nSPS) is 14.9. The van der Waals surface area contributed by atoms with Crippen molar-refractivity contribution in [1.82, 2.24) is 15.5 Å². The summed E-state index contributed by atoms with van der Waals surface area (Å²) in [6.07, 6.45) is 0.765. The number of aldehydes is 1. The number of rotatable bonds is 12. The van der Waals surface area contributed by atoms with E-state index in [1.807, 2.05) is 13.8 Å². The van der Waals surface area contributed by atoms with E-state index in [9.17, 15) is 24.0 Å². The second-order valence-corrected chi connectivity index (χ2v) is 6.96. The molecule has 1 aromatic rings. The number of amides is 4. The Kier molecular flexibility index (Phi) is 13.1. The van der Waals surface area contributed by atoms with Gasteiger partial charge in [0.2, 0.25) is 11.8 Å². The van der Waals surface area contributed by atoms with Crippen molar-refractivity contribution in [2.45, 2.75) is 32.7 Å². The van der Waals surface area contributed by atoms with Crippen LogP contribution in [0.3, 0.4) is 0 Å². The molecule has 11 nitrogen and oxygen atoms in total. The van der Waals surface area contributed by atoms with Gasteiger partial charge in [0, 0.05) is 27.1 Å². The van der Waals surface area contributed by atoms with Crippen LogP contribution in [0.2, 0.25) is 0 Å². The van der Waals surface area contributed by atoms with Crippen LogP contribution in [-0.4, -0.2) is 88.0 Å². The lowest BCUT2D eigenvalue weighted by Gasteiger charge is -2.30. The van der Waals surface area contributed by atoms with E-state index in [1.54, 1.807) is 7.11 Å². The van der Waals surface area contributed by atoms with Gasteiger partial charge in [-0.05, 0) is 18.6 Å². The third kappa shape index (κ3) is 8.56. The van der Waals surface area contributed by atoms with Gasteiger partial charge in [0.05, 0.1) is 30.9 Å². The van der Waals surface area contributed by atoms with Crippen LogP contribution >= 0.6 is 0 Å². The van der Waals surface area contributed by atoms with Gasteiger partial charge in [-0.3, -0.25) is 29.3 Å². The zero-order valence-corrected chi connectivity index (χ0v) is 20.0. The minimum absolute atomic E-state index is 0.0247. The van der Waals surface area contributed by atoms with Crippen LogP contribution < -0.4 is 15.4 Å². The van der Waals surface area contributed by atoms with E-state index < -0.39 is 29.7 Å². The fourth-order valence-electron chi connectivity index (χ4n) is 3.06. The second kappa shape index (κ2) is 15.5. The first-order valence-corrected chi connectivity index (χ1v) is 11.0. The summed E-state index contributed by atoms with van der Waals surface area (Å²) in [6, 6.07) is 3.57. The lowest BCUT2D eigenvalue weighted by atomic mass is 10.0. The molecule has 1 saturated heterocycles. The number of ether oxygens (including phenoxy) is 3. The maximum atomic E-state index is 12.9. The molecule has 1 fully saturated rings. The molecule has 0 aliphatic carbocycles. The number of carbonyl (C=O) groups is 5. The molecule has 2 rings (SSSR count). The summed E-state index contributed by atoms with van der Waals surface area (Å²) < 4.78 is 15.5. The molecule has 0 aromatic heterocycles. The Morgan fingerprint density at radius 2 is 1.94 bits per heavy atom. The van der Waals surface area contributed by atoms with Gasteiger partial charge >= 0.3 is 0 Å². The molecule has 1 heterocycles. The first-order chi connectivity index (χ1) is 16.4. The zero-order chi connectivity index (χ0) is 25.5. The molecule has 34 heavy (non-hydrogen) atoms. The highest BCUT2D eigenvalue weighted by atomic mass is 16.5. The molecule has 0 radical (unpaired) electrons. The summed E-state index contributed by atoms with van der Waals surface area (Å²) in [5.74, 6) is -1.90. The number of piperidine rings is 1. The third-order valence-corrected chi connectivity index (χ3v) is 4.77. The van der Waals surface area contributed by atoms with Crippen molar-refractivity contribution in [3.05, 3.63) is 29.3 Å². The van der Waals surface area contributed by atoms with E-state index in [2.05, 4.69) is 10.6 Å². The molecule has 0 spiro atoms. The van der Waals surface area contributed by atoms with E-state index in [-0.39, 0.29) is 42.9 Å². The number of likely N-dealkylation sites (N-methyl/N-ethyl adjacent to an activating group) is 1. The molecule has 1 aliphatic heterocycles. The quantitative estimate of drug-likeness (QED) is 0.252. The summed E-state index contributed by atoms with van der Waals surface area (Å²) in [4.78, 5) is 61.2. The van der Waals surface area contributed by atoms with E-state index >= 15 is 0 Å². The van der Waals surface area contributed by atoms with Gasteiger partial charge in [0.25, 0.3) is 11.8 Å². The number of hydrogen-bond donors (Lipinski definition) is 2. The van der Waals surface area contributed by atoms with Gasteiger partial charge in [-0.25, -0.2) is 0 Å². The Morgan fingerprint density at radius 3 is 2.59 bits per heavy atom. The molecule has 0 saturated carbocycles. The Bertz CT molecular complexity index is 859. The second-order valence-electron chi connectivity index (χ2n) is 6.96. The van der Waals surface area contributed by atoms with Crippen LogP contribution in [0.5, 0.6) is 5.75 Å². The molecule has 11 heteroatoms. The van der Waals surface area contributed by atoms with Crippen molar-refractivity contribution < 1.29 is 38.2 Å². The topological polar surface area (TPSA) is 140 Å². The predicted molar refractivity (Wildman–Crippen MR) is 123 cm³/mol. The van der Waals surface area contributed by atoms with Crippen LogP contribution in [0.1, 0.15) is 47.4 Å². The minimum atomic E-state index is -0.832. The summed E-state index contributed by atoms with van der Waals surface area (Å²) in [6.45, 7) is 5.10. The van der Waals surface area contributed by atoms with Gasteiger partial charge in [-0.2, -0.15) is 0 Å². The van der Waals surface area contributed by atoms with E-state index in [0.29, 0.717) is 26.1 Å². The number of hydrogen-bond acceptors (Lipinski definition) is 8. The third-order valence-electron chi connectivity index (χ3n) is 4.77. The van der Waals surface area contributed by atoms with Crippen molar-refractivity contribution in [2.24, 2.45) is 0 Å². The number of carbonyl (C=O) groups excluding carboxylic acids is 5. The van der Waals surface area contributed by atoms with Crippen LogP contribution in [0.15, 0.2) is 18.2 Å². The smallest absolute Gasteiger partial charge is 0.258 e. The molecule has 0 bridgehead atoms. The molecule has 1 atom stereocenters. The number of imide groups is 1. The minimum Gasteiger partial charge on any atom is -0.483 e. The lowest BCUT2D eigenvalue weighted by Crippen LogP contribution is -2.53. The van der Waals surface area contributed by atoms with Crippen LogP contribution in [0.25, 0.3) is 0 Å². The SMILES string of the molecule is CC.COCCOCCNC(=O)COc1cccc(C(=O)N(C)C2CCC(=O)NC2=O)c1C=O. The fraction of sp³-hybridized carbons (Fsp3) is 0.522. The highest BCUT2D eigenvalue weighted by Gasteiger charge is 2.33. The average Bonchev–Trinajstić information content (AvgIpc) is 2.85. The Labute approximate surface area is 199 Å². The molecular formula is C23H33N3O8. The van der Waals surface area contributed by atoms with Crippen LogP contribution in [0, 0.1) is 0 Å². The van der Waals surface area contributed by atoms with Crippen molar-refractivity contribution in [2.75, 3.05) is 47.1 Å². The first kappa shape index (κ1) is 28.7. The molecule has 4 amide bonds. The lowest BCUT2D eigenvalue weighted by molar-refractivity contribution is -0.136. The van der Waals surface area contributed by atoms with Gasteiger partial charge in [-0.1, -0.05) is 19.9 Å². The van der Waals surface area contributed by atoms with Crippen molar-refractivity contribution in [3.8, 4) is 5.75 Å². The zero-order valence-electron chi connectivity index (χ0n) is 20.0. The molecular weight excluding hydrogens is 446 g/mol. The maximum absolute atomic E-state index is 12.9. The number of methoxy groups -OCH3 is 1. The Morgan fingerprint density at radius 1 is 1.21 bits per heavy atom. The van der Waals surface area contributed by atoms with Crippen molar-refractivity contribution >= 4 is 29.9 Å². The highest BCUT2D eigenvalue weighted by Crippen LogP contribution is 2.23.